The fourth-order valence-electron chi connectivity index (χ4n) is 15.7. The smallest absolute Gasteiger partial charge is 0.139 e. The predicted molar refractivity (Wildman–Crippen MR) is 383 cm³/mol. The fraction of sp³-hybridized carbons (Fsp3) is 0.232. The minimum atomic E-state index is -0.527. The Morgan fingerprint density at radius 2 is 0.868 bits per heavy atom. The molecule has 4 aliphatic rings. The molecule has 4 aromatic carbocycles. The lowest BCUT2D eigenvalue weighted by Crippen LogP contribution is -2.25. The van der Waals surface area contributed by atoms with Gasteiger partial charge in [-0.25, -0.2) is 15.0 Å². The van der Waals surface area contributed by atoms with Crippen LogP contribution >= 0.6 is 0 Å². The first-order chi connectivity index (χ1) is 43.7. The molecule has 4 aliphatic heterocycles. The van der Waals surface area contributed by atoms with Crippen molar-refractivity contribution in [3.63, 3.8) is 0 Å². The van der Waals surface area contributed by atoms with Crippen LogP contribution in [0.2, 0.25) is 0 Å². The molecule has 0 aliphatic carbocycles. The van der Waals surface area contributed by atoms with Crippen LogP contribution < -0.4 is 4.74 Å². The Morgan fingerprint density at radius 1 is 0.385 bits per heavy atom. The van der Waals surface area contributed by atoms with E-state index in [2.05, 4.69) is 263 Å². The van der Waals surface area contributed by atoms with Crippen LogP contribution in [0.15, 0.2) is 115 Å². The average Bonchev–Trinajstić information content (AvgIpc) is 1.42. The van der Waals surface area contributed by atoms with Crippen LogP contribution in [0.1, 0.15) is 156 Å². The molecule has 452 valence electrons. The maximum absolute atomic E-state index is 7.93. The van der Waals surface area contributed by atoms with E-state index in [1.807, 2.05) is 0 Å². The lowest BCUT2D eigenvalue weighted by Gasteiger charge is -2.36. The molecule has 7 aromatic heterocycles. The van der Waals surface area contributed by atoms with Gasteiger partial charge in [-0.3, -0.25) is 0 Å². The maximum Gasteiger partial charge on any atom is 0.139 e. The number of nitrogens with zero attached hydrogens (tertiary/aromatic N) is 3. The topological polar surface area (TPSA) is 127 Å². The Morgan fingerprint density at radius 3 is 1.45 bits per heavy atom. The summed E-state index contributed by atoms with van der Waals surface area (Å²) in [7, 11) is 0. The lowest BCUT2D eigenvalue weighted by molar-refractivity contribution is 0.421. The first-order valence-electron chi connectivity index (χ1n) is 32.3. The molecule has 0 saturated heterocycles. The predicted octanol–water partition coefficient (Wildman–Crippen LogP) is 22.1. The largest absolute Gasteiger partial charge is 0.455 e. The lowest BCUT2D eigenvalue weighted by atomic mass is 9.73. The van der Waals surface area contributed by atoms with Crippen molar-refractivity contribution in [3.8, 4) is 56.0 Å². The van der Waals surface area contributed by atoms with E-state index >= 15 is 0 Å². The molecule has 11 heterocycles. The molecular formula is C82H78N8O. The summed E-state index contributed by atoms with van der Waals surface area (Å²) in [6.07, 6.45) is 6.10. The van der Waals surface area contributed by atoms with E-state index in [-0.39, 0.29) is 0 Å². The van der Waals surface area contributed by atoms with Crippen molar-refractivity contribution in [1.29, 1.82) is 0 Å². The Hall–Kier alpha value is -9.99. The number of aromatic nitrogens is 8. The van der Waals surface area contributed by atoms with Gasteiger partial charge in [0.1, 0.15) is 11.5 Å². The SMILES string of the molecule is CCC1=C(C)c2cc3[nH]c(c(C)c3C)c(-c3cccc4c3Oc3c(-c5c6ccc([nH]6)c(-c6c(C)cc(C)cc6C)c6nc(c7ccc([nH]7)c(-c7c(C)cc(C)cc7C)c7ccc5[nH]7)C=C6)cccc3C4(C)C)c3nc(cc4[nH]c(cc1n2)c(CC)c4C)C(C)=C3C. The van der Waals surface area contributed by atoms with Gasteiger partial charge in [0.05, 0.1) is 45.2 Å². The Bertz CT molecular complexity index is 5410. The quantitative estimate of drug-likeness (QED) is 0.114. The van der Waals surface area contributed by atoms with E-state index in [9.17, 15) is 0 Å². The molecule has 0 fully saturated rings. The van der Waals surface area contributed by atoms with Gasteiger partial charge in [0.15, 0.2) is 0 Å². The molecule has 0 amide bonds. The first-order valence-corrected chi connectivity index (χ1v) is 32.3. The summed E-state index contributed by atoms with van der Waals surface area (Å²) in [5.74, 6) is 1.60. The second-order valence-electron chi connectivity index (χ2n) is 26.7. The molecule has 5 N–H and O–H groups in total. The first kappa shape index (κ1) is 57.4. The molecule has 0 spiro atoms. The number of aryl methyl sites for hydroxylation is 10. The summed E-state index contributed by atoms with van der Waals surface area (Å²) in [6.45, 7) is 35.8. The third-order valence-electron chi connectivity index (χ3n) is 20.6. The second kappa shape index (κ2) is 21.1. The third kappa shape index (κ3) is 8.89. The molecule has 15 rings (SSSR count). The number of para-hydroxylation sites is 2. The van der Waals surface area contributed by atoms with Gasteiger partial charge >= 0.3 is 0 Å². The number of allylic oxidation sites excluding steroid dienone is 4. The molecule has 16 bridgehead atoms. The Kier molecular flexibility index (Phi) is 13.3. The summed E-state index contributed by atoms with van der Waals surface area (Å²) < 4.78 is 7.93. The fourth-order valence-corrected chi connectivity index (χ4v) is 15.7. The van der Waals surface area contributed by atoms with E-state index in [1.54, 1.807) is 0 Å². The van der Waals surface area contributed by atoms with Crippen molar-refractivity contribution in [2.24, 2.45) is 0 Å². The molecule has 0 unspecified atom stereocenters. The van der Waals surface area contributed by atoms with Crippen molar-refractivity contribution in [2.45, 2.75) is 129 Å². The monoisotopic (exact) mass is 1190 g/mol. The number of H-pyrrole nitrogens is 5. The van der Waals surface area contributed by atoms with Crippen LogP contribution in [0.25, 0.3) is 134 Å². The zero-order chi connectivity index (χ0) is 63.4. The molecule has 9 nitrogen and oxygen atoms in total. The number of hydrogen-bond donors (Lipinski definition) is 5. The number of nitrogens with one attached hydrogen (secondary N) is 5. The molecule has 11 aromatic rings. The van der Waals surface area contributed by atoms with Crippen LogP contribution in [0.3, 0.4) is 0 Å². The summed E-state index contributed by atoms with van der Waals surface area (Å²) in [4.78, 5) is 36.6. The van der Waals surface area contributed by atoms with E-state index in [0.29, 0.717) is 0 Å². The van der Waals surface area contributed by atoms with Gasteiger partial charge in [-0.05, 0) is 241 Å². The van der Waals surface area contributed by atoms with Gasteiger partial charge < -0.3 is 29.7 Å². The number of ether oxygens (including phenoxy) is 1. The van der Waals surface area contributed by atoms with Crippen LogP contribution in [0, 0.1) is 62.3 Å². The minimum absolute atomic E-state index is 0.527. The van der Waals surface area contributed by atoms with Crippen molar-refractivity contribution < 1.29 is 4.74 Å². The van der Waals surface area contributed by atoms with E-state index in [1.165, 1.54) is 66.8 Å². The number of rotatable bonds is 6. The highest BCUT2D eigenvalue weighted by molar-refractivity contribution is 6.05. The van der Waals surface area contributed by atoms with Gasteiger partial charge in [-0.2, -0.15) is 0 Å². The number of hydrogen-bond acceptors (Lipinski definition) is 4. The van der Waals surface area contributed by atoms with Gasteiger partial charge in [0.25, 0.3) is 0 Å². The molecule has 91 heavy (non-hydrogen) atoms. The van der Waals surface area contributed by atoms with Crippen molar-refractivity contribution in [3.05, 3.63) is 216 Å². The standard InChI is InChI=1S/C82H78N8O/c1-17-52-50(13)68-37-66-46(9)48(11)78(89-66)75(79-49(12)47(10)67(90-79)38-69-51(14)53(18-2)71(88-69)39-70(52)87-68)55-22-20-24-57-81(55)91-80-54(21-19-23-56(80)82(57,15)16)74-60-29-31-64(85-60)76(72-42(5)33-40(3)34-43(72)6)62-27-25-58(83-62)59-26-28-63(84-59)77(65-32-30-61(74)86-65)73-44(7)35-41(4)36-45(73)8/h19-39,83,85-87,90H,17-18H2,1-16H3. The van der Waals surface area contributed by atoms with E-state index in [4.69, 9.17) is 19.7 Å². The van der Waals surface area contributed by atoms with E-state index in [0.717, 1.165) is 180 Å². The zero-order valence-corrected chi connectivity index (χ0v) is 55.3. The van der Waals surface area contributed by atoms with Gasteiger partial charge in [-0.1, -0.05) is 99.5 Å². The highest BCUT2D eigenvalue weighted by atomic mass is 16.5. The molecule has 0 atom stereocenters. The number of aromatic amines is 5. The highest BCUT2D eigenvalue weighted by Crippen LogP contribution is 2.56. The van der Waals surface area contributed by atoms with Crippen LogP contribution in [-0.4, -0.2) is 39.9 Å². The van der Waals surface area contributed by atoms with Crippen molar-refractivity contribution >= 4 is 89.6 Å². The van der Waals surface area contributed by atoms with E-state index < -0.39 is 5.41 Å². The summed E-state index contributed by atoms with van der Waals surface area (Å²) >= 11 is 0. The van der Waals surface area contributed by atoms with Crippen LogP contribution in [0.4, 0.5) is 0 Å². The van der Waals surface area contributed by atoms with Gasteiger partial charge in [-0.15, -0.1) is 0 Å². The van der Waals surface area contributed by atoms with Gasteiger partial charge in [0, 0.05) is 94.1 Å². The maximum atomic E-state index is 7.93. The van der Waals surface area contributed by atoms with Gasteiger partial charge in [0.2, 0.25) is 0 Å². The second-order valence-corrected chi connectivity index (χ2v) is 26.7. The van der Waals surface area contributed by atoms with Crippen LogP contribution in [-0.2, 0) is 11.8 Å². The number of fused-ring (bicyclic) bond motifs is 19. The molecular weight excluding hydrogens is 1110 g/mol. The summed E-state index contributed by atoms with van der Waals surface area (Å²) in [5.41, 5.74) is 42.5. The Balaban J connectivity index is 1.04. The zero-order valence-electron chi connectivity index (χ0n) is 55.3. The van der Waals surface area contributed by atoms with Crippen molar-refractivity contribution in [2.75, 3.05) is 0 Å². The normalized spacial score (nSPS) is 13.8. The highest BCUT2D eigenvalue weighted by Gasteiger charge is 2.39. The summed E-state index contributed by atoms with van der Waals surface area (Å²) in [6, 6.07) is 42.7. The summed E-state index contributed by atoms with van der Waals surface area (Å²) in [5, 5.41) is 0. The third-order valence-corrected chi connectivity index (χ3v) is 20.6. The average molecular weight is 1190 g/mol. The minimum Gasteiger partial charge on any atom is -0.455 e. The Labute approximate surface area is 532 Å². The molecule has 0 radical (unpaired) electrons. The molecule has 0 saturated carbocycles. The van der Waals surface area contributed by atoms with Crippen LogP contribution in [0.5, 0.6) is 11.5 Å². The number of benzene rings is 4. The molecule has 9 heteroatoms. The van der Waals surface area contributed by atoms with Crippen molar-refractivity contribution in [1.82, 2.24) is 39.9 Å².